The molecule has 0 spiro atoms. The molecular formula is C20H18FN3O3. The van der Waals surface area contributed by atoms with Crippen LogP contribution in [0, 0.1) is 5.82 Å². The molecule has 0 radical (unpaired) electrons. The Morgan fingerprint density at radius 2 is 2.11 bits per heavy atom. The van der Waals surface area contributed by atoms with E-state index in [0.29, 0.717) is 36.1 Å². The molecule has 2 aromatic carbocycles. The standard InChI is InChI=1S/C20H18FN3O3/c1-2-8-24-16-11-14(6-7-17(16)26-12-19(24)25)20-22-18(27-23-20)10-13-4-3-5-15(21)9-13/h3-7,9,11H,2,8,10,12H2,1H3. The molecule has 0 saturated carbocycles. The number of aromatic nitrogens is 2. The molecule has 4 rings (SSSR count). The summed E-state index contributed by atoms with van der Waals surface area (Å²) in [6.07, 6.45) is 1.19. The van der Waals surface area contributed by atoms with Crippen LogP contribution in [0.5, 0.6) is 5.75 Å². The summed E-state index contributed by atoms with van der Waals surface area (Å²) < 4.78 is 24.1. The third-order valence-electron chi connectivity index (χ3n) is 4.32. The van der Waals surface area contributed by atoms with Crippen LogP contribution in [0.2, 0.25) is 0 Å². The van der Waals surface area contributed by atoms with E-state index in [1.54, 1.807) is 17.0 Å². The fourth-order valence-electron chi connectivity index (χ4n) is 3.08. The Morgan fingerprint density at radius 3 is 2.93 bits per heavy atom. The highest BCUT2D eigenvalue weighted by Gasteiger charge is 2.25. The Balaban J connectivity index is 1.61. The summed E-state index contributed by atoms with van der Waals surface area (Å²) in [6, 6.07) is 11.7. The van der Waals surface area contributed by atoms with E-state index in [2.05, 4.69) is 10.1 Å². The van der Waals surface area contributed by atoms with Crippen LogP contribution in [0.25, 0.3) is 11.4 Å². The molecule has 0 aliphatic carbocycles. The van der Waals surface area contributed by atoms with E-state index in [1.807, 2.05) is 25.1 Å². The maximum Gasteiger partial charge on any atom is 0.265 e. The van der Waals surface area contributed by atoms with Gasteiger partial charge in [0.05, 0.1) is 12.1 Å². The van der Waals surface area contributed by atoms with Gasteiger partial charge in [-0.3, -0.25) is 4.79 Å². The highest BCUT2D eigenvalue weighted by atomic mass is 19.1. The van der Waals surface area contributed by atoms with Crippen molar-refractivity contribution in [2.75, 3.05) is 18.1 Å². The zero-order valence-corrected chi connectivity index (χ0v) is 14.8. The van der Waals surface area contributed by atoms with Gasteiger partial charge in [-0.2, -0.15) is 4.98 Å². The molecule has 0 saturated heterocycles. The smallest absolute Gasteiger partial charge is 0.265 e. The van der Waals surface area contributed by atoms with Crippen LogP contribution in [0.1, 0.15) is 24.8 Å². The number of benzene rings is 2. The minimum Gasteiger partial charge on any atom is -0.482 e. The molecule has 7 heteroatoms. The van der Waals surface area contributed by atoms with Gasteiger partial charge in [-0.1, -0.05) is 24.2 Å². The fraction of sp³-hybridized carbons (Fsp3) is 0.250. The van der Waals surface area contributed by atoms with Crippen molar-refractivity contribution >= 4 is 11.6 Å². The highest BCUT2D eigenvalue weighted by Crippen LogP contribution is 2.35. The molecular weight excluding hydrogens is 349 g/mol. The second-order valence-electron chi connectivity index (χ2n) is 6.33. The fourth-order valence-corrected chi connectivity index (χ4v) is 3.08. The lowest BCUT2D eigenvalue weighted by molar-refractivity contribution is -0.121. The SMILES string of the molecule is CCCN1C(=O)COc2ccc(-c3noc(Cc4cccc(F)c4)n3)cc21. The average molecular weight is 367 g/mol. The quantitative estimate of drug-likeness (QED) is 0.689. The first-order valence-electron chi connectivity index (χ1n) is 8.78. The van der Waals surface area contributed by atoms with Crippen molar-refractivity contribution in [3.8, 4) is 17.1 Å². The minimum atomic E-state index is -0.303. The van der Waals surface area contributed by atoms with E-state index in [-0.39, 0.29) is 18.3 Å². The summed E-state index contributed by atoms with van der Waals surface area (Å²) in [5.41, 5.74) is 2.19. The minimum absolute atomic E-state index is 0.0480. The van der Waals surface area contributed by atoms with Gasteiger partial charge in [-0.15, -0.1) is 0 Å². The maximum atomic E-state index is 13.3. The molecule has 1 aromatic heterocycles. The molecule has 6 nitrogen and oxygen atoms in total. The van der Waals surface area contributed by atoms with Gasteiger partial charge in [0.1, 0.15) is 11.6 Å². The summed E-state index contributed by atoms with van der Waals surface area (Å²) in [5.74, 6) is 1.10. The number of ether oxygens (including phenoxy) is 1. The van der Waals surface area contributed by atoms with E-state index in [9.17, 15) is 9.18 Å². The Morgan fingerprint density at radius 1 is 1.22 bits per heavy atom. The van der Waals surface area contributed by atoms with Crippen LogP contribution in [-0.2, 0) is 11.2 Å². The number of hydrogen-bond donors (Lipinski definition) is 0. The van der Waals surface area contributed by atoms with E-state index in [1.165, 1.54) is 12.1 Å². The summed E-state index contributed by atoms with van der Waals surface area (Å²) in [7, 11) is 0. The molecule has 27 heavy (non-hydrogen) atoms. The van der Waals surface area contributed by atoms with Crippen molar-refractivity contribution < 1.29 is 18.4 Å². The van der Waals surface area contributed by atoms with Gasteiger partial charge < -0.3 is 14.2 Å². The molecule has 0 atom stereocenters. The Bertz CT molecular complexity index is 986. The first-order chi connectivity index (χ1) is 13.1. The average Bonchev–Trinajstić information content (AvgIpc) is 3.12. The van der Waals surface area contributed by atoms with Gasteiger partial charge in [0.25, 0.3) is 5.91 Å². The molecule has 3 aromatic rings. The van der Waals surface area contributed by atoms with Crippen molar-refractivity contribution in [3.63, 3.8) is 0 Å². The normalized spacial score (nSPS) is 13.4. The number of halogens is 1. The van der Waals surface area contributed by atoms with E-state index in [4.69, 9.17) is 9.26 Å². The zero-order valence-electron chi connectivity index (χ0n) is 14.8. The van der Waals surface area contributed by atoms with Gasteiger partial charge in [-0.25, -0.2) is 4.39 Å². The Hall–Kier alpha value is -3.22. The molecule has 0 N–H and O–H groups in total. The number of carbonyl (C=O) groups excluding carboxylic acids is 1. The molecule has 1 aliphatic rings. The van der Waals surface area contributed by atoms with Crippen LogP contribution in [0.4, 0.5) is 10.1 Å². The number of nitrogens with zero attached hydrogens (tertiary/aromatic N) is 3. The van der Waals surface area contributed by atoms with Crippen molar-refractivity contribution in [2.45, 2.75) is 19.8 Å². The van der Waals surface area contributed by atoms with E-state index in [0.717, 1.165) is 17.5 Å². The number of fused-ring (bicyclic) bond motifs is 1. The first-order valence-corrected chi connectivity index (χ1v) is 8.78. The van der Waals surface area contributed by atoms with Gasteiger partial charge in [0.15, 0.2) is 6.61 Å². The van der Waals surface area contributed by atoms with E-state index >= 15 is 0 Å². The molecule has 0 fully saturated rings. The van der Waals surface area contributed by atoms with Gasteiger partial charge >= 0.3 is 0 Å². The number of rotatable bonds is 5. The van der Waals surface area contributed by atoms with Crippen LogP contribution in [0.3, 0.4) is 0 Å². The van der Waals surface area contributed by atoms with Crippen LogP contribution in [0.15, 0.2) is 47.0 Å². The summed E-state index contributed by atoms with van der Waals surface area (Å²) in [6.45, 7) is 2.69. The second-order valence-corrected chi connectivity index (χ2v) is 6.33. The molecule has 1 amide bonds. The lowest BCUT2D eigenvalue weighted by Gasteiger charge is -2.29. The third-order valence-corrected chi connectivity index (χ3v) is 4.32. The summed E-state index contributed by atoms with van der Waals surface area (Å²) in [4.78, 5) is 18.3. The van der Waals surface area contributed by atoms with E-state index < -0.39 is 0 Å². The number of hydrogen-bond acceptors (Lipinski definition) is 5. The molecule has 0 unspecified atom stereocenters. The predicted molar refractivity (Wildman–Crippen MR) is 97.1 cm³/mol. The number of carbonyl (C=O) groups is 1. The highest BCUT2D eigenvalue weighted by molar-refractivity contribution is 5.98. The topological polar surface area (TPSA) is 68.5 Å². The van der Waals surface area contributed by atoms with Crippen molar-refractivity contribution in [1.82, 2.24) is 10.1 Å². The molecule has 1 aliphatic heterocycles. The maximum absolute atomic E-state index is 13.3. The zero-order chi connectivity index (χ0) is 18.8. The summed E-state index contributed by atoms with van der Waals surface area (Å²) in [5, 5.41) is 4.02. The van der Waals surface area contributed by atoms with Gasteiger partial charge in [0.2, 0.25) is 11.7 Å². The monoisotopic (exact) mass is 367 g/mol. The Labute approximate surface area is 155 Å². The van der Waals surface area contributed by atoms with Gasteiger partial charge in [-0.05, 0) is 42.3 Å². The van der Waals surface area contributed by atoms with Crippen molar-refractivity contribution in [1.29, 1.82) is 0 Å². The molecule has 2 heterocycles. The predicted octanol–water partition coefficient (Wildman–Crippen LogP) is 3.60. The summed E-state index contributed by atoms with van der Waals surface area (Å²) >= 11 is 0. The van der Waals surface area contributed by atoms with Crippen molar-refractivity contribution in [2.24, 2.45) is 0 Å². The lowest BCUT2D eigenvalue weighted by Crippen LogP contribution is -2.39. The second kappa shape index (κ2) is 7.19. The van der Waals surface area contributed by atoms with Gasteiger partial charge in [0, 0.05) is 12.1 Å². The van der Waals surface area contributed by atoms with Crippen LogP contribution >= 0.6 is 0 Å². The Kier molecular flexibility index (Phi) is 4.58. The van der Waals surface area contributed by atoms with Crippen LogP contribution in [-0.4, -0.2) is 29.2 Å². The van der Waals surface area contributed by atoms with Crippen LogP contribution < -0.4 is 9.64 Å². The van der Waals surface area contributed by atoms with Crippen molar-refractivity contribution in [3.05, 3.63) is 59.7 Å². The first kappa shape index (κ1) is 17.2. The molecule has 138 valence electrons. The number of anilines is 1. The number of amides is 1. The third kappa shape index (κ3) is 3.53. The molecule has 0 bridgehead atoms. The lowest BCUT2D eigenvalue weighted by atomic mass is 10.1. The largest absolute Gasteiger partial charge is 0.482 e.